The number of hydrogen-bond acceptors (Lipinski definition) is 4. The van der Waals surface area contributed by atoms with Gasteiger partial charge in [-0.05, 0) is 65.0 Å². The highest BCUT2D eigenvalue weighted by atomic mass is 16.6. The van der Waals surface area contributed by atoms with E-state index in [0.29, 0.717) is 18.4 Å². The molecule has 2 bridgehead atoms. The molecule has 148 valence electrons. The minimum atomic E-state index is -0.507. The topological polar surface area (TPSA) is 59.5 Å². The van der Waals surface area contributed by atoms with Crippen LogP contribution in [0, 0.1) is 5.92 Å². The van der Waals surface area contributed by atoms with Gasteiger partial charge < -0.3 is 9.64 Å². The lowest BCUT2D eigenvalue weighted by Gasteiger charge is -2.48. The summed E-state index contributed by atoms with van der Waals surface area (Å²) in [5.74, 6) is 0.0895. The van der Waals surface area contributed by atoms with Crippen molar-refractivity contribution in [2.24, 2.45) is 5.92 Å². The molecule has 1 amide bonds. The number of ketones is 1. The normalized spacial score (nSPS) is 24.8. The highest BCUT2D eigenvalue weighted by Gasteiger charge is 2.44. The second-order valence-corrected chi connectivity index (χ2v) is 9.04. The predicted octanol–water partition coefficient (Wildman–Crippen LogP) is 4.99. The van der Waals surface area contributed by atoms with Crippen molar-refractivity contribution in [3.63, 3.8) is 0 Å². The summed E-state index contributed by atoms with van der Waals surface area (Å²) in [5.41, 5.74) is 0.966. The quantitative estimate of drug-likeness (QED) is 0.689. The van der Waals surface area contributed by atoms with Crippen LogP contribution in [0.25, 0.3) is 10.9 Å². The number of ether oxygens (including phenoxy) is 1. The average molecular weight is 380 g/mol. The van der Waals surface area contributed by atoms with Gasteiger partial charge in [-0.1, -0.05) is 18.2 Å². The Labute approximate surface area is 166 Å². The first-order valence-corrected chi connectivity index (χ1v) is 10.2. The molecule has 2 aliphatic rings. The van der Waals surface area contributed by atoms with Crippen molar-refractivity contribution in [3.05, 3.63) is 42.1 Å². The SMILES string of the molecule is CC(C)(C)OC(=O)N1C2CCCC1CC(C(=O)c1cccc3cccnc13)C2. The minimum Gasteiger partial charge on any atom is -0.444 e. The molecular weight excluding hydrogens is 352 g/mol. The average Bonchev–Trinajstić information content (AvgIpc) is 2.64. The van der Waals surface area contributed by atoms with Gasteiger partial charge >= 0.3 is 6.09 Å². The summed E-state index contributed by atoms with van der Waals surface area (Å²) < 4.78 is 5.64. The van der Waals surface area contributed by atoms with Crippen molar-refractivity contribution in [2.75, 3.05) is 0 Å². The van der Waals surface area contributed by atoms with Crippen LogP contribution in [0.3, 0.4) is 0 Å². The van der Waals surface area contributed by atoms with E-state index in [1.807, 2.05) is 56.0 Å². The molecule has 3 heterocycles. The number of benzene rings is 1. The van der Waals surface area contributed by atoms with Crippen LogP contribution in [0.15, 0.2) is 36.5 Å². The van der Waals surface area contributed by atoms with Gasteiger partial charge in [0.25, 0.3) is 0 Å². The monoisotopic (exact) mass is 380 g/mol. The summed E-state index contributed by atoms with van der Waals surface area (Å²) in [6.07, 6.45) is 5.89. The largest absolute Gasteiger partial charge is 0.444 e. The molecule has 1 aromatic heterocycles. The molecule has 5 nitrogen and oxygen atoms in total. The molecule has 2 aromatic rings. The van der Waals surface area contributed by atoms with Crippen LogP contribution < -0.4 is 0 Å². The highest BCUT2D eigenvalue weighted by molar-refractivity contribution is 6.07. The molecule has 2 saturated heterocycles. The summed E-state index contributed by atoms with van der Waals surface area (Å²) in [6, 6.07) is 9.83. The Bertz CT molecular complexity index is 883. The Balaban J connectivity index is 1.57. The number of hydrogen-bond donors (Lipinski definition) is 0. The van der Waals surface area contributed by atoms with Gasteiger partial charge in [-0.3, -0.25) is 9.78 Å². The second kappa shape index (κ2) is 7.19. The summed E-state index contributed by atoms with van der Waals surface area (Å²) in [7, 11) is 0. The van der Waals surface area contributed by atoms with Crippen molar-refractivity contribution in [2.45, 2.75) is 70.6 Å². The number of carbonyl (C=O) groups is 2. The van der Waals surface area contributed by atoms with Gasteiger partial charge in [0.05, 0.1) is 5.52 Å². The van der Waals surface area contributed by atoms with Crippen LogP contribution >= 0.6 is 0 Å². The van der Waals surface area contributed by atoms with Gasteiger partial charge in [-0.2, -0.15) is 0 Å². The van der Waals surface area contributed by atoms with E-state index in [9.17, 15) is 9.59 Å². The maximum atomic E-state index is 13.4. The molecule has 28 heavy (non-hydrogen) atoms. The number of pyridine rings is 1. The number of nitrogens with zero attached hydrogens (tertiary/aromatic N) is 2. The molecule has 0 saturated carbocycles. The summed E-state index contributed by atoms with van der Waals surface area (Å²) in [6.45, 7) is 5.68. The predicted molar refractivity (Wildman–Crippen MR) is 108 cm³/mol. The maximum Gasteiger partial charge on any atom is 0.410 e. The van der Waals surface area contributed by atoms with E-state index in [2.05, 4.69) is 4.98 Å². The fourth-order valence-corrected chi connectivity index (χ4v) is 4.73. The molecule has 4 rings (SSSR count). The second-order valence-electron chi connectivity index (χ2n) is 9.04. The van der Waals surface area contributed by atoms with E-state index < -0.39 is 5.60 Å². The smallest absolute Gasteiger partial charge is 0.410 e. The highest BCUT2D eigenvalue weighted by Crippen LogP contribution is 2.39. The number of fused-ring (bicyclic) bond motifs is 3. The van der Waals surface area contributed by atoms with Gasteiger partial charge in [0.2, 0.25) is 0 Å². The van der Waals surface area contributed by atoms with Crippen LogP contribution in [0.2, 0.25) is 0 Å². The Morgan fingerprint density at radius 2 is 1.75 bits per heavy atom. The van der Waals surface area contributed by atoms with E-state index in [0.717, 1.165) is 30.2 Å². The van der Waals surface area contributed by atoms with E-state index in [-0.39, 0.29) is 29.9 Å². The molecule has 1 aromatic carbocycles. The number of amides is 1. The van der Waals surface area contributed by atoms with E-state index >= 15 is 0 Å². The molecule has 2 aliphatic heterocycles. The zero-order valence-corrected chi connectivity index (χ0v) is 16.9. The number of rotatable bonds is 2. The zero-order chi connectivity index (χ0) is 19.9. The fourth-order valence-electron chi connectivity index (χ4n) is 4.73. The summed E-state index contributed by atoms with van der Waals surface area (Å²) in [4.78, 5) is 32.5. The molecule has 0 aliphatic carbocycles. The zero-order valence-electron chi connectivity index (χ0n) is 16.9. The third-order valence-electron chi connectivity index (χ3n) is 5.85. The Morgan fingerprint density at radius 3 is 2.43 bits per heavy atom. The maximum absolute atomic E-state index is 13.4. The van der Waals surface area contributed by atoms with Gasteiger partial charge in [0.1, 0.15) is 5.60 Å². The van der Waals surface area contributed by atoms with Crippen molar-refractivity contribution < 1.29 is 14.3 Å². The molecule has 2 unspecified atom stereocenters. The lowest BCUT2D eigenvalue weighted by Crippen LogP contribution is -2.56. The Kier molecular flexibility index (Phi) is 4.86. The van der Waals surface area contributed by atoms with Crippen molar-refractivity contribution in [3.8, 4) is 0 Å². The molecule has 2 atom stereocenters. The fraction of sp³-hybridized carbons (Fsp3) is 0.522. The van der Waals surface area contributed by atoms with E-state index in [4.69, 9.17) is 4.74 Å². The third kappa shape index (κ3) is 3.62. The summed E-state index contributed by atoms with van der Waals surface area (Å²) >= 11 is 0. The van der Waals surface area contributed by atoms with Gasteiger partial charge in [-0.25, -0.2) is 4.79 Å². The number of Topliss-reactive ketones (excluding diaryl/α,β-unsaturated/α-hetero) is 1. The number of para-hydroxylation sites is 1. The molecule has 5 heteroatoms. The van der Waals surface area contributed by atoms with Crippen LogP contribution in [0.5, 0.6) is 0 Å². The first-order chi connectivity index (χ1) is 13.3. The van der Waals surface area contributed by atoms with Gasteiger partial charge in [-0.15, -0.1) is 0 Å². The van der Waals surface area contributed by atoms with Crippen molar-refractivity contribution in [1.29, 1.82) is 0 Å². The van der Waals surface area contributed by atoms with Gasteiger partial charge in [0.15, 0.2) is 5.78 Å². The van der Waals surface area contributed by atoms with Crippen LogP contribution in [0.4, 0.5) is 4.79 Å². The van der Waals surface area contributed by atoms with Crippen molar-refractivity contribution in [1.82, 2.24) is 9.88 Å². The van der Waals surface area contributed by atoms with Gasteiger partial charge in [0, 0.05) is 35.1 Å². The Hall–Kier alpha value is -2.43. The first kappa shape index (κ1) is 18.9. The number of carbonyl (C=O) groups excluding carboxylic acids is 2. The van der Waals surface area contributed by atoms with E-state index in [1.165, 1.54) is 0 Å². The molecule has 2 fully saturated rings. The minimum absolute atomic E-state index is 0.0680. The van der Waals surface area contributed by atoms with Crippen LogP contribution in [-0.2, 0) is 4.74 Å². The first-order valence-electron chi connectivity index (χ1n) is 10.2. The standard InChI is InChI=1S/C23H28N2O3/c1-23(2,3)28-22(27)25-17-9-5-10-18(25)14-16(13-17)21(26)19-11-4-7-15-8-6-12-24-20(15)19/h4,6-8,11-12,16-18H,5,9-10,13-14H2,1-3H3. The molecule has 0 spiro atoms. The van der Waals surface area contributed by atoms with Crippen LogP contribution in [0.1, 0.15) is 63.2 Å². The molecule has 0 N–H and O–H groups in total. The number of piperidine rings is 2. The van der Waals surface area contributed by atoms with Crippen LogP contribution in [-0.4, -0.2) is 39.4 Å². The third-order valence-corrected chi connectivity index (χ3v) is 5.85. The Morgan fingerprint density at radius 1 is 1.07 bits per heavy atom. The van der Waals surface area contributed by atoms with E-state index in [1.54, 1.807) is 6.20 Å². The van der Waals surface area contributed by atoms with Crippen molar-refractivity contribution >= 4 is 22.8 Å². The summed E-state index contributed by atoms with van der Waals surface area (Å²) in [5, 5.41) is 0.986. The number of aromatic nitrogens is 1. The lowest BCUT2D eigenvalue weighted by molar-refractivity contribution is -0.0260. The molecule has 0 radical (unpaired) electrons. The molecular formula is C23H28N2O3. The lowest BCUT2D eigenvalue weighted by atomic mass is 9.75.